The van der Waals surface area contributed by atoms with E-state index in [1.165, 1.54) is 29.7 Å². The van der Waals surface area contributed by atoms with Crippen molar-refractivity contribution in [1.29, 1.82) is 0 Å². The molecule has 0 saturated carbocycles. The quantitative estimate of drug-likeness (QED) is 0.908. The van der Waals surface area contributed by atoms with Crippen molar-refractivity contribution < 1.29 is 0 Å². The molecule has 90 valence electrons. The molecular formula is C12H15N3S2. The van der Waals surface area contributed by atoms with E-state index in [-0.39, 0.29) is 6.04 Å². The van der Waals surface area contributed by atoms with Gasteiger partial charge in [-0.05, 0) is 43.2 Å². The fraction of sp³-hybridized carbons (Fsp3) is 0.500. The van der Waals surface area contributed by atoms with E-state index in [9.17, 15) is 0 Å². The van der Waals surface area contributed by atoms with Gasteiger partial charge in [-0.15, -0.1) is 21.5 Å². The summed E-state index contributed by atoms with van der Waals surface area (Å²) in [5, 5.41) is 12.8. The minimum atomic E-state index is -0.00761. The summed E-state index contributed by atoms with van der Waals surface area (Å²) in [5.74, 6) is 0.454. The van der Waals surface area contributed by atoms with Crippen molar-refractivity contribution in [1.82, 2.24) is 10.2 Å². The number of thiophene rings is 1. The molecule has 3 rings (SSSR count). The largest absolute Gasteiger partial charge is 0.322 e. The minimum absolute atomic E-state index is 0.00761. The van der Waals surface area contributed by atoms with Crippen LogP contribution in [0.2, 0.25) is 0 Å². The molecule has 2 N–H and O–H groups in total. The van der Waals surface area contributed by atoms with E-state index in [1.54, 1.807) is 11.3 Å². The van der Waals surface area contributed by atoms with Crippen LogP contribution in [0.1, 0.15) is 52.2 Å². The number of aromatic nitrogens is 2. The summed E-state index contributed by atoms with van der Waals surface area (Å²) < 4.78 is 0. The average Bonchev–Trinajstić information content (AvgIpc) is 2.97. The van der Waals surface area contributed by atoms with E-state index in [2.05, 4.69) is 21.6 Å². The standard InChI is InChI=1S/C12H15N3S2/c1-7(13)11-14-15-12(17-11)9-3-2-4-10-8(9)5-6-16-10/h5-7,9H,2-4,13H2,1H3. The highest BCUT2D eigenvalue weighted by Crippen LogP contribution is 2.40. The fourth-order valence-corrected chi connectivity index (χ4v) is 4.25. The van der Waals surface area contributed by atoms with Crippen LogP contribution < -0.4 is 5.73 Å². The lowest BCUT2D eigenvalue weighted by molar-refractivity contribution is 0.617. The SMILES string of the molecule is CC(N)c1nnc(C2CCCc3sccc32)s1. The zero-order valence-corrected chi connectivity index (χ0v) is 11.4. The maximum Gasteiger partial charge on any atom is 0.133 e. The third-order valence-corrected chi connectivity index (χ3v) is 5.43. The molecule has 2 heterocycles. The van der Waals surface area contributed by atoms with Gasteiger partial charge < -0.3 is 5.73 Å². The molecule has 0 aliphatic heterocycles. The van der Waals surface area contributed by atoms with Crippen LogP contribution in [0, 0.1) is 0 Å². The molecule has 3 nitrogen and oxygen atoms in total. The van der Waals surface area contributed by atoms with E-state index in [4.69, 9.17) is 5.73 Å². The lowest BCUT2D eigenvalue weighted by atomic mass is 9.88. The Balaban J connectivity index is 1.95. The number of hydrogen-bond donors (Lipinski definition) is 1. The van der Waals surface area contributed by atoms with Gasteiger partial charge in [0.05, 0.1) is 6.04 Å². The molecule has 0 fully saturated rings. The van der Waals surface area contributed by atoms with Crippen LogP contribution in [0.15, 0.2) is 11.4 Å². The number of rotatable bonds is 2. The number of nitrogens with zero attached hydrogens (tertiary/aromatic N) is 2. The highest BCUT2D eigenvalue weighted by atomic mass is 32.1. The summed E-state index contributed by atoms with van der Waals surface area (Å²) in [6.07, 6.45) is 3.67. The van der Waals surface area contributed by atoms with Gasteiger partial charge in [0.15, 0.2) is 0 Å². The first-order chi connectivity index (χ1) is 8.25. The van der Waals surface area contributed by atoms with Gasteiger partial charge in [-0.1, -0.05) is 11.3 Å². The van der Waals surface area contributed by atoms with Gasteiger partial charge in [0.2, 0.25) is 0 Å². The van der Waals surface area contributed by atoms with E-state index in [0.717, 1.165) is 10.0 Å². The molecule has 2 aromatic rings. The van der Waals surface area contributed by atoms with E-state index in [1.807, 2.05) is 18.3 Å². The zero-order chi connectivity index (χ0) is 11.8. The molecule has 2 unspecified atom stereocenters. The van der Waals surface area contributed by atoms with Crippen LogP contribution in [-0.2, 0) is 6.42 Å². The monoisotopic (exact) mass is 265 g/mol. The van der Waals surface area contributed by atoms with Gasteiger partial charge in [-0.25, -0.2) is 0 Å². The van der Waals surface area contributed by atoms with Crippen LogP contribution in [0.3, 0.4) is 0 Å². The minimum Gasteiger partial charge on any atom is -0.322 e. The molecule has 0 bridgehead atoms. The van der Waals surface area contributed by atoms with Crippen LogP contribution >= 0.6 is 22.7 Å². The Morgan fingerprint density at radius 1 is 1.47 bits per heavy atom. The van der Waals surface area contributed by atoms with Crippen molar-refractivity contribution in [3.63, 3.8) is 0 Å². The number of fused-ring (bicyclic) bond motifs is 1. The first-order valence-electron chi connectivity index (χ1n) is 5.91. The summed E-state index contributed by atoms with van der Waals surface area (Å²) in [6, 6.07) is 2.24. The Bertz CT molecular complexity index is 515. The molecule has 1 aliphatic rings. The average molecular weight is 265 g/mol. The van der Waals surface area contributed by atoms with E-state index >= 15 is 0 Å². The first kappa shape index (κ1) is 11.3. The predicted molar refractivity (Wildman–Crippen MR) is 71.6 cm³/mol. The summed E-state index contributed by atoms with van der Waals surface area (Å²) in [6.45, 7) is 1.96. The Hall–Kier alpha value is -0.780. The van der Waals surface area contributed by atoms with E-state index < -0.39 is 0 Å². The maximum atomic E-state index is 5.84. The van der Waals surface area contributed by atoms with Crippen molar-refractivity contribution in [2.45, 2.75) is 38.1 Å². The van der Waals surface area contributed by atoms with Gasteiger partial charge in [0.25, 0.3) is 0 Å². The lowest BCUT2D eigenvalue weighted by Gasteiger charge is -2.19. The molecule has 1 aliphatic carbocycles. The second-order valence-electron chi connectivity index (χ2n) is 4.51. The molecule has 0 aromatic carbocycles. The van der Waals surface area contributed by atoms with Crippen molar-refractivity contribution in [3.05, 3.63) is 31.9 Å². The molecule has 0 spiro atoms. The molecule has 2 atom stereocenters. The highest BCUT2D eigenvalue weighted by molar-refractivity contribution is 7.11. The Labute approximate surface area is 109 Å². The Morgan fingerprint density at radius 2 is 2.35 bits per heavy atom. The van der Waals surface area contributed by atoms with Crippen LogP contribution in [0.5, 0.6) is 0 Å². The second-order valence-corrected chi connectivity index (χ2v) is 6.55. The Morgan fingerprint density at radius 3 is 3.12 bits per heavy atom. The normalized spacial score (nSPS) is 21.2. The van der Waals surface area contributed by atoms with Gasteiger partial charge in [-0.3, -0.25) is 0 Å². The van der Waals surface area contributed by atoms with Crippen LogP contribution in [0.25, 0.3) is 0 Å². The Kier molecular flexibility index (Phi) is 2.98. The topological polar surface area (TPSA) is 51.8 Å². The zero-order valence-electron chi connectivity index (χ0n) is 9.72. The lowest BCUT2D eigenvalue weighted by Crippen LogP contribution is -2.08. The van der Waals surface area contributed by atoms with Crippen LogP contribution in [-0.4, -0.2) is 10.2 Å². The fourth-order valence-electron chi connectivity index (χ4n) is 2.31. The van der Waals surface area contributed by atoms with E-state index in [0.29, 0.717) is 5.92 Å². The van der Waals surface area contributed by atoms with Crippen molar-refractivity contribution in [3.8, 4) is 0 Å². The third kappa shape index (κ3) is 2.03. The summed E-state index contributed by atoms with van der Waals surface area (Å²) in [5.41, 5.74) is 7.31. The first-order valence-corrected chi connectivity index (χ1v) is 7.60. The predicted octanol–water partition coefficient (Wildman–Crippen LogP) is 3.09. The maximum absolute atomic E-state index is 5.84. The summed E-state index contributed by atoms with van der Waals surface area (Å²) >= 11 is 3.54. The highest BCUT2D eigenvalue weighted by Gasteiger charge is 2.26. The van der Waals surface area contributed by atoms with Crippen molar-refractivity contribution >= 4 is 22.7 Å². The van der Waals surface area contributed by atoms with Gasteiger partial charge >= 0.3 is 0 Å². The molecule has 0 amide bonds. The van der Waals surface area contributed by atoms with Crippen LogP contribution in [0.4, 0.5) is 0 Å². The molecule has 0 saturated heterocycles. The number of hydrogen-bond acceptors (Lipinski definition) is 5. The smallest absolute Gasteiger partial charge is 0.133 e. The molecule has 0 radical (unpaired) electrons. The van der Waals surface area contributed by atoms with Crippen molar-refractivity contribution in [2.24, 2.45) is 5.73 Å². The third-order valence-electron chi connectivity index (χ3n) is 3.20. The summed E-state index contributed by atoms with van der Waals surface area (Å²) in [7, 11) is 0. The van der Waals surface area contributed by atoms with Gasteiger partial charge in [0.1, 0.15) is 10.0 Å². The molecule has 17 heavy (non-hydrogen) atoms. The van der Waals surface area contributed by atoms with Crippen molar-refractivity contribution in [2.75, 3.05) is 0 Å². The molecular weight excluding hydrogens is 250 g/mol. The van der Waals surface area contributed by atoms with Gasteiger partial charge in [-0.2, -0.15) is 0 Å². The molecule has 5 heteroatoms. The second kappa shape index (κ2) is 4.48. The van der Waals surface area contributed by atoms with Gasteiger partial charge in [0, 0.05) is 10.8 Å². The molecule has 2 aromatic heterocycles. The summed E-state index contributed by atoms with van der Waals surface area (Å²) in [4.78, 5) is 1.53. The number of nitrogens with two attached hydrogens (primary N) is 1. The number of aryl methyl sites for hydroxylation is 1.